The summed E-state index contributed by atoms with van der Waals surface area (Å²) in [6.45, 7) is 6.07. The van der Waals surface area contributed by atoms with Gasteiger partial charge in [-0.05, 0) is 60.0 Å². The normalized spacial score (nSPS) is 16.9. The predicted molar refractivity (Wildman–Crippen MR) is 139 cm³/mol. The Bertz CT molecular complexity index is 1300. The minimum Gasteiger partial charge on any atom is -0.507 e. The summed E-state index contributed by atoms with van der Waals surface area (Å²) >= 11 is 0. The Hall–Kier alpha value is -4.39. The molecule has 1 fully saturated rings. The zero-order chi connectivity index (χ0) is 25.8. The van der Waals surface area contributed by atoms with Gasteiger partial charge >= 0.3 is 0 Å². The van der Waals surface area contributed by atoms with Gasteiger partial charge in [0.1, 0.15) is 11.5 Å². The van der Waals surface area contributed by atoms with Gasteiger partial charge in [-0.25, -0.2) is 0 Å². The molecule has 1 unspecified atom stereocenters. The monoisotopic (exact) mass is 484 g/mol. The number of benzene rings is 3. The molecule has 0 spiro atoms. The van der Waals surface area contributed by atoms with Crippen molar-refractivity contribution < 1.29 is 24.2 Å². The number of aliphatic hydroxyl groups excluding tert-OH is 1. The molecule has 4 rings (SSSR count). The highest BCUT2D eigenvalue weighted by Crippen LogP contribution is 2.42. The van der Waals surface area contributed by atoms with E-state index in [2.05, 4.69) is 19.2 Å². The van der Waals surface area contributed by atoms with E-state index in [4.69, 9.17) is 4.74 Å². The average Bonchev–Trinajstić information content (AvgIpc) is 3.13. The lowest BCUT2D eigenvalue weighted by Crippen LogP contribution is -2.29. The van der Waals surface area contributed by atoms with Crippen LogP contribution in [0.2, 0.25) is 0 Å². The number of aliphatic hydroxyl groups is 1. The van der Waals surface area contributed by atoms with E-state index in [1.807, 2.05) is 30.3 Å². The van der Waals surface area contributed by atoms with E-state index < -0.39 is 17.7 Å². The topological polar surface area (TPSA) is 95.9 Å². The Labute approximate surface area is 210 Å². The molecular weight excluding hydrogens is 456 g/mol. The number of Topliss-reactive ketones (excluding diaryl/α,β-unsaturated/α-hetero) is 1. The van der Waals surface area contributed by atoms with Crippen LogP contribution in [0.15, 0.2) is 84.4 Å². The Morgan fingerprint density at radius 3 is 2.19 bits per heavy atom. The largest absolute Gasteiger partial charge is 0.507 e. The molecule has 3 aromatic rings. The Morgan fingerprint density at radius 1 is 0.972 bits per heavy atom. The molecule has 1 atom stereocenters. The Kier molecular flexibility index (Phi) is 7.20. The van der Waals surface area contributed by atoms with E-state index in [-0.39, 0.29) is 17.2 Å². The molecule has 2 amide bonds. The summed E-state index contributed by atoms with van der Waals surface area (Å²) in [6.07, 6.45) is 0. The number of rotatable bonds is 7. The highest BCUT2D eigenvalue weighted by Gasteiger charge is 2.46. The number of amides is 2. The van der Waals surface area contributed by atoms with Gasteiger partial charge < -0.3 is 15.2 Å². The summed E-state index contributed by atoms with van der Waals surface area (Å²) in [5.74, 6) is -0.961. The van der Waals surface area contributed by atoms with Gasteiger partial charge in [-0.3, -0.25) is 19.3 Å². The lowest BCUT2D eigenvalue weighted by atomic mass is 9.95. The van der Waals surface area contributed by atoms with Crippen LogP contribution in [0, 0.1) is 5.92 Å². The second kappa shape index (κ2) is 10.5. The van der Waals surface area contributed by atoms with Gasteiger partial charge in [0.05, 0.1) is 18.2 Å². The summed E-state index contributed by atoms with van der Waals surface area (Å²) in [5, 5.41) is 13.9. The summed E-state index contributed by atoms with van der Waals surface area (Å²) in [7, 11) is 0. The van der Waals surface area contributed by atoms with Gasteiger partial charge in [0, 0.05) is 23.9 Å². The second-order valence-electron chi connectivity index (χ2n) is 9.04. The number of carbonyl (C=O) groups excluding carboxylic acids is 3. The van der Waals surface area contributed by atoms with Gasteiger partial charge in [0.15, 0.2) is 0 Å². The third kappa shape index (κ3) is 5.15. The minimum atomic E-state index is -0.824. The first kappa shape index (κ1) is 24.7. The molecule has 1 heterocycles. The van der Waals surface area contributed by atoms with Crippen LogP contribution in [-0.4, -0.2) is 29.3 Å². The van der Waals surface area contributed by atoms with Crippen molar-refractivity contribution in [2.45, 2.75) is 26.8 Å². The SMILES string of the molecule is CC(=O)Nc1ccc(N2C(=O)C(=O)/C(=C(/O)c3ccc(OCC(C)C)cc3)C2c2ccccc2)cc1. The van der Waals surface area contributed by atoms with Crippen molar-refractivity contribution in [1.82, 2.24) is 0 Å². The zero-order valence-corrected chi connectivity index (χ0v) is 20.4. The fourth-order valence-corrected chi connectivity index (χ4v) is 4.09. The van der Waals surface area contributed by atoms with Crippen LogP contribution in [0.3, 0.4) is 0 Å². The van der Waals surface area contributed by atoms with Crippen LogP contribution in [0.5, 0.6) is 5.75 Å². The number of hydrogen-bond acceptors (Lipinski definition) is 5. The summed E-state index contributed by atoms with van der Waals surface area (Å²) in [5.41, 5.74) is 2.14. The quantitative estimate of drug-likeness (QED) is 0.269. The van der Waals surface area contributed by atoms with E-state index >= 15 is 0 Å². The molecule has 7 nitrogen and oxygen atoms in total. The lowest BCUT2D eigenvalue weighted by molar-refractivity contribution is -0.132. The van der Waals surface area contributed by atoms with Gasteiger partial charge in [-0.1, -0.05) is 44.2 Å². The average molecular weight is 485 g/mol. The van der Waals surface area contributed by atoms with Gasteiger partial charge in [0.2, 0.25) is 5.91 Å². The molecular formula is C29H28N2O5. The number of carbonyl (C=O) groups is 3. The third-order valence-electron chi connectivity index (χ3n) is 5.74. The molecule has 0 bridgehead atoms. The number of nitrogens with one attached hydrogen (secondary N) is 1. The van der Waals surface area contributed by atoms with Crippen LogP contribution in [-0.2, 0) is 14.4 Å². The molecule has 1 saturated heterocycles. The van der Waals surface area contributed by atoms with Crippen LogP contribution < -0.4 is 15.0 Å². The van der Waals surface area contributed by atoms with E-state index in [9.17, 15) is 19.5 Å². The minimum absolute atomic E-state index is 0.00739. The molecule has 3 aromatic carbocycles. The van der Waals surface area contributed by atoms with Crippen LogP contribution in [0.4, 0.5) is 11.4 Å². The van der Waals surface area contributed by atoms with E-state index in [1.54, 1.807) is 48.5 Å². The number of ether oxygens (including phenoxy) is 1. The van der Waals surface area contributed by atoms with Gasteiger partial charge in [-0.15, -0.1) is 0 Å². The summed E-state index contributed by atoms with van der Waals surface area (Å²) in [4.78, 5) is 39.2. The van der Waals surface area contributed by atoms with Gasteiger partial charge in [0.25, 0.3) is 11.7 Å². The Morgan fingerprint density at radius 2 is 1.61 bits per heavy atom. The fraction of sp³-hybridized carbons (Fsp3) is 0.207. The maximum absolute atomic E-state index is 13.3. The maximum Gasteiger partial charge on any atom is 0.300 e. The molecule has 7 heteroatoms. The van der Waals surface area contributed by atoms with Crippen molar-refractivity contribution in [3.05, 3.63) is 95.6 Å². The molecule has 0 saturated carbocycles. The first-order valence-corrected chi connectivity index (χ1v) is 11.7. The van der Waals surface area contributed by atoms with E-state index in [1.165, 1.54) is 11.8 Å². The maximum atomic E-state index is 13.3. The standard InChI is InChI=1S/C29H28N2O5/c1-18(2)17-36-24-15-9-21(10-16-24)27(33)25-26(20-7-5-4-6-8-20)31(29(35)28(25)34)23-13-11-22(12-14-23)30-19(3)32/h4-16,18,26,33H,17H2,1-3H3,(H,30,32)/b27-25+. The highest BCUT2D eigenvalue weighted by molar-refractivity contribution is 6.51. The smallest absolute Gasteiger partial charge is 0.300 e. The first-order valence-electron chi connectivity index (χ1n) is 11.7. The number of nitrogens with zero attached hydrogens (tertiary/aromatic N) is 1. The van der Waals surface area contributed by atoms with E-state index in [0.29, 0.717) is 40.8 Å². The molecule has 0 radical (unpaired) electrons. The van der Waals surface area contributed by atoms with Crippen molar-refractivity contribution in [3.63, 3.8) is 0 Å². The molecule has 184 valence electrons. The van der Waals surface area contributed by atoms with Crippen molar-refractivity contribution in [3.8, 4) is 5.75 Å². The lowest BCUT2D eigenvalue weighted by Gasteiger charge is -2.25. The third-order valence-corrected chi connectivity index (χ3v) is 5.74. The molecule has 1 aliphatic heterocycles. The summed E-state index contributed by atoms with van der Waals surface area (Å²) in [6, 6.07) is 21.7. The number of hydrogen-bond donors (Lipinski definition) is 2. The highest BCUT2D eigenvalue weighted by atomic mass is 16.5. The number of anilines is 2. The molecule has 0 aromatic heterocycles. The molecule has 0 aliphatic carbocycles. The van der Waals surface area contributed by atoms with Crippen LogP contribution in [0.1, 0.15) is 37.9 Å². The first-order chi connectivity index (χ1) is 17.3. The van der Waals surface area contributed by atoms with Gasteiger partial charge in [-0.2, -0.15) is 0 Å². The Balaban J connectivity index is 1.76. The second-order valence-corrected chi connectivity index (χ2v) is 9.04. The number of ketones is 1. The molecule has 36 heavy (non-hydrogen) atoms. The fourth-order valence-electron chi connectivity index (χ4n) is 4.09. The molecule has 2 N–H and O–H groups in total. The van der Waals surface area contributed by atoms with Crippen molar-refractivity contribution >= 4 is 34.7 Å². The van der Waals surface area contributed by atoms with Crippen molar-refractivity contribution in [2.24, 2.45) is 5.92 Å². The predicted octanol–water partition coefficient (Wildman–Crippen LogP) is 5.31. The molecule has 1 aliphatic rings. The van der Waals surface area contributed by atoms with Crippen molar-refractivity contribution in [1.29, 1.82) is 0 Å². The van der Waals surface area contributed by atoms with Crippen LogP contribution in [0.25, 0.3) is 5.76 Å². The van der Waals surface area contributed by atoms with E-state index in [0.717, 1.165) is 0 Å². The zero-order valence-electron chi connectivity index (χ0n) is 20.4. The van der Waals surface area contributed by atoms with Crippen LogP contribution >= 0.6 is 0 Å². The van der Waals surface area contributed by atoms with Crippen molar-refractivity contribution in [2.75, 3.05) is 16.8 Å². The summed E-state index contributed by atoms with van der Waals surface area (Å²) < 4.78 is 5.71.